The Labute approximate surface area is 126 Å². The van der Waals surface area contributed by atoms with Crippen LogP contribution in [0.2, 0.25) is 0 Å². The lowest BCUT2D eigenvalue weighted by Crippen LogP contribution is -2.32. The molecule has 1 amide bonds. The molecule has 1 aromatic rings. The summed E-state index contributed by atoms with van der Waals surface area (Å²) >= 11 is 0. The molecule has 0 heterocycles. The summed E-state index contributed by atoms with van der Waals surface area (Å²) in [6.07, 6.45) is 4.84. The Kier molecular flexibility index (Phi) is 5.10. The van der Waals surface area contributed by atoms with Gasteiger partial charge in [-0.3, -0.25) is 4.79 Å². The summed E-state index contributed by atoms with van der Waals surface area (Å²) in [5.74, 6) is 1.64. The minimum absolute atomic E-state index is 0.0847. The third-order valence-electron chi connectivity index (χ3n) is 4.23. The van der Waals surface area contributed by atoms with Gasteiger partial charge < -0.3 is 14.8 Å². The normalized spacial score (nSPS) is 15.4. The molecule has 1 aliphatic carbocycles. The van der Waals surface area contributed by atoms with Crippen molar-refractivity contribution in [2.45, 2.75) is 44.4 Å². The van der Waals surface area contributed by atoms with Crippen LogP contribution < -0.4 is 14.8 Å². The first-order valence-corrected chi connectivity index (χ1v) is 7.64. The quantitative estimate of drug-likeness (QED) is 0.801. The van der Waals surface area contributed by atoms with Gasteiger partial charge in [0.15, 0.2) is 11.5 Å². The summed E-state index contributed by atoms with van der Waals surface area (Å²) < 4.78 is 10.6. The molecule has 1 aromatic carbocycles. The second-order valence-electron chi connectivity index (χ2n) is 5.73. The number of carbonyl (C=O) groups is 1. The van der Waals surface area contributed by atoms with E-state index < -0.39 is 0 Å². The van der Waals surface area contributed by atoms with Gasteiger partial charge in [0.2, 0.25) is 5.91 Å². The Hall–Kier alpha value is -1.71. The first-order valence-electron chi connectivity index (χ1n) is 7.64. The summed E-state index contributed by atoms with van der Waals surface area (Å²) in [7, 11) is 3.28. The van der Waals surface area contributed by atoms with Crippen LogP contribution in [-0.4, -0.2) is 26.7 Å². The zero-order valence-electron chi connectivity index (χ0n) is 13.2. The number of nitrogens with one attached hydrogen (secondary N) is 1. The molecule has 1 fully saturated rings. The van der Waals surface area contributed by atoms with Crippen LogP contribution in [0.1, 0.15) is 44.6 Å². The van der Waals surface area contributed by atoms with Gasteiger partial charge in [-0.15, -0.1) is 0 Å². The van der Waals surface area contributed by atoms with E-state index in [0.29, 0.717) is 13.0 Å². The molecular formula is C17H25NO3. The molecule has 116 valence electrons. The highest BCUT2D eigenvalue weighted by molar-refractivity contribution is 5.76. The van der Waals surface area contributed by atoms with Crippen molar-refractivity contribution in [2.24, 2.45) is 0 Å². The largest absolute Gasteiger partial charge is 0.493 e. The maximum absolute atomic E-state index is 11.8. The molecule has 0 unspecified atom stereocenters. The molecule has 21 heavy (non-hydrogen) atoms. The van der Waals surface area contributed by atoms with Crippen molar-refractivity contribution in [2.75, 3.05) is 20.8 Å². The maximum atomic E-state index is 11.8. The molecule has 0 atom stereocenters. The van der Waals surface area contributed by atoms with Gasteiger partial charge in [0.05, 0.1) is 14.2 Å². The Morgan fingerprint density at radius 1 is 1.24 bits per heavy atom. The number of rotatable bonds is 8. The SMILES string of the molecule is CCCCC(=O)NCC1(c2ccc(OC)c(OC)c2)CC1. The smallest absolute Gasteiger partial charge is 0.220 e. The Morgan fingerprint density at radius 2 is 1.95 bits per heavy atom. The topological polar surface area (TPSA) is 47.6 Å². The highest BCUT2D eigenvalue weighted by Gasteiger charge is 2.44. The van der Waals surface area contributed by atoms with Crippen molar-refractivity contribution in [3.63, 3.8) is 0 Å². The average molecular weight is 291 g/mol. The van der Waals surface area contributed by atoms with Crippen molar-refractivity contribution < 1.29 is 14.3 Å². The molecule has 4 nitrogen and oxygen atoms in total. The van der Waals surface area contributed by atoms with Crippen LogP contribution in [0.3, 0.4) is 0 Å². The number of amides is 1. The van der Waals surface area contributed by atoms with Gasteiger partial charge in [-0.25, -0.2) is 0 Å². The van der Waals surface area contributed by atoms with Crippen molar-refractivity contribution in [1.82, 2.24) is 5.32 Å². The van der Waals surface area contributed by atoms with Gasteiger partial charge in [0.25, 0.3) is 0 Å². The number of benzene rings is 1. The summed E-state index contributed by atoms with van der Waals surface area (Å²) in [6.45, 7) is 2.81. The lowest BCUT2D eigenvalue weighted by Gasteiger charge is -2.18. The molecule has 0 bridgehead atoms. The van der Waals surface area contributed by atoms with E-state index in [-0.39, 0.29) is 11.3 Å². The number of hydrogen-bond donors (Lipinski definition) is 1. The highest BCUT2D eigenvalue weighted by atomic mass is 16.5. The van der Waals surface area contributed by atoms with Crippen molar-refractivity contribution >= 4 is 5.91 Å². The molecule has 4 heteroatoms. The van der Waals surface area contributed by atoms with E-state index in [4.69, 9.17) is 9.47 Å². The Morgan fingerprint density at radius 3 is 2.52 bits per heavy atom. The number of methoxy groups -OCH3 is 2. The molecular weight excluding hydrogens is 266 g/mol. The van der Waals surface area contributed by atoms with Crippen LogP contribution in [0.5, 0.6) is 11.5 Å². The zero-order chi connectivity index (χ0) is 15.3. The highest BCUT2D eigenvalue weighted by Crippen LogP contribution is 2.49. The van der Waals surface area contributed by atoms with Gasteiger partial charge in [-0.05, 0) is 37.0 Å². The average Bonchev–Trinajstić information content (AvgIpc) is 3.31. The predicted molar refractivity (Wildman–Crippen MR) is 83.0 cm³/mol. The molecule has 0 saturated heterocycles. The molecule has 0 aromatic heterocycles. The van der Waals surface area contributed by atoms with Crippen LogP contribution in [0.4, 0.5) is 0 Å². The molecule has 1 aliphatic rings. The Bertz CT molecular complexity index is 495. The van der Waals surface area contributed by atoms with E-state index in [9.17, 15) is 4.79 Å². The monoisotopic (exact) mass is 291 g/mol. The summed E-state index contributed by atoms with van der Waals surface area (Å²) in [6, 6.07) is 6.05. The van der Waals surface area contributed by atoms with Crippen molar-refractivity contribution in [3.05, 3.63) is 23.8 Å². The lowest BCUT2D eigenvalue weighted by atomic mass is 9.95. The standard InChI is InChI=1S/C17H25NO3/c1-4-5-6-16(19)18-12-17(9-10-17)13-7-8-14(20-2)15(11-13)21-3/h7-8,11H,4-6,9-10,12H2,1-3H3,(H,18,19). The summed E-state index contributed by atoms with van der Waals surface area (Å²) in [5, 5.41) is 3.07. The molecule has 2 rings (SSSR count). The fraction of sp³-hybridized carbons (Fsp3) is 0.588. The molecule has 0 aliphatic heterocycles. The lowest BCUT2D eigenvalue weighted by molar-refractivity contribution is -0.121. The molecule has 1 saturated carbocycles. The number of unbranched alkanes of at least 4 members (excludes halogenated alkanes) is 1. The first-order chi connectivity index (χ1) is 10.1. The third-order valence-corrected chi connectivity index (χ3v) is 4.23. The second-order valence-corrected chi connectivity index (χ2v) is 5.73. The van der Waals surface area contributed by atoms with Crippen molar-refractivity contribution in [1.29, 1.82) is 0 Å². The van der Waals surface area contributed by atoms with Crippen molar-refractivity contribution in [3.8, 4) is 11.5 Å². The maximum Gasteiger partial charge on any atom is 0.220 e. The van der Waals surface area contributed by atoms with Gasteiger partial charge in [-0.1, -0.05) is 19.4 Å². The minimum Gasteiger partial charge on any atom is -0.493 e. The van der Waals surface area contributed by atoms with Crippen LogP contribution in [0, 0.1) is 0 Å². The van der Waals surface area contributed by atoms with Crippen LogP contribution in [-0.2, 0) is 10.2 Å². The van der Waals surface area contributed by atoms with Gasteiger partial charge >= 0.3 is 0 Å². The van der Waals surface area contributed by atoms with Gasteiger partial charge in [0, 0.05) is 18.4 Å². The molecule has 0 spiro atoms. The van der Waals surface area contributed by atoms with Crippen LogP contribution in [0.25, 0.3) is 0 Å². The summed E-state index contributed by atoms with van der Waals surface area (Å²) in [5.41, 5.74) is 1.30. The van der Waals surface area contributed by atoms with E-state index in [1.54, 1.807) is 14.2 Å². The fourth-order valence-electron chi connectivity index (χ4n) is 2.58. The number of ether oxygens (including phenoxy) is 2. The number of hydrogen-bond acceptors (Lipinski definition) is 3. The first kappa shape index (κ1) is 15.7. The van der Waals surface area contributed by atoms with Crippen LogP contribution >= 0.6 is 0 Å². The van der Waals surface area contributed by atoms with Crippen LogP contribution in [0.15, 0.2) is 18.2 Å². The van der Waals surface area contributed by atoms with Gasteiger partial charge in [-0.2, -0.15) is 0 Å². The van der Waals surface area contributed by atoms with E-state index >= 15 is 0 Å². The fourth-order valence-corrected chi connectivity index (χ4v) is 2.58. The number of carbonyl (C=O) groups excluding carboxylic acids is 1. The van der Waals surface area contributed by atoms with Gasteiger partial charge in [0.1, 0.15) is 0 Å². The Balaban J connectivity index is 2.01. The minimum atomic E-state index is 0.0847. The van der Waals surface area contributed by atoms with E-state index in [1.165, 1.54) is 5.56 Å². The third kappa shape index (κ3) is 3.69. The summed E-state index contributed by atoms with van der Waals surface area (Å²) in [4.78, 5) is 11.8. The van der Waals surface area contributed by atoms with E-state index in [1.807, 2.05) is 12.1 Å². The molecule has 0 radical (unpaired) electrons. The van der Waals surface area contributed by atoms with E-state index in [0.717, 1.165) is 37.2 Å². The predicted octanol–water partition coefficient (Wildman–Crippen LogP) is 3.04. The van der Waals surface area contributed by atoms with E-state index in [2.05, 4.69) is 18.3 Å². The zero-order valence-corrected chi connectivity index (χ0v) is 13.2. The second kappa shape index (κ2) is 6.83. The molecule has 1 N–H and O–H groups in total.